The number of ether oxygens (including phenoxy) is 1. The Morgan fingerprint density at radius 1 is 1.19 bits per heavy atom. The van der Waals surface area contributed by atoms with Crippen LogP contribution in [0.5, 0.6) is 11.5 Å². The van der Waals surface area contributed by atoms with Crippen LogP contribution in [0.2, 0.25) is 0 Å². The summed E-state index contributed by atoms with van der Waals surface area (Å²) in [6.45, 7) is 7.52. The van der Waals surface area contributed by atoms with Crippen LogP contribution in [0.25, 0.3) is 0 Å². The molecule has 2 aromatic rings. The third-order valence-corrected chi connectivity index (χ3v) is 7.20. The molecule has 0 unspecified atom stereocenters. The molecular weight excluding hydrogens is 338 g/mol. The van der Waals surface area contributed by atoms with Crippen LogP contribution < -0.4 is 4.74 Å². The minimum absolute atomic E-state index is 0.0351. The van der Waals surface area contributed by atoms with Crippen LogP contribution in [-0.2, 0) is 11.8 Å². The Morgan fingerprint density at radius 2 is 1.93 bits per heavy atom. The quantitative estimate of drug-likeness (QED) is 0.869. The maximum atomic E-state index is 13.4. The average molecular weight is 365 g/mol. The highest BCUT2D eigenvalue weighted by atomic mass is 16.5. The predicted octanol–water partition coefficient (Wildman–Crippen LogP) is 4.16. The lowest BCUT2D eigenvalue weighted by Crippen LogP contribution is -2.64. The maximum absolute atomic E-state index is 13.4. The van der Waals surface area contributed by atoms with Crippen molar-refractivity contribution < 1.29 is 14.6 Å². The highest BCUT2D eigenvalue weighted by molar-refractivity contribution is 5.95. The minimum Gasteiger partial charge on any atom is -0.508 e. The molecule has 1 N–H and O–H groups in total. The second kappa shape index (κ2) is 6.01. The molecular formula is C23H27NO3. The van der Waals surface area contributed by atoms with Gasteiger partial charge in [-0.1, -0.05) is 39.0 Å². The van der Waals surface area contributed by atoms with Crippen molar-refractivity contribution >= 4 is 5.91 Å². The van der Waals surface area contributed by atoms with E-state index in [0.29, 0.717) is 23.5 Å². The third-order valence-electron chi connectivity index (χ3n) is 7.20. The van der Waals surface area contributed by atoms with Gasteiger partial charge in [-0.3, -0.25) is 4.79 Å². The molecule has 2 aromatic carbocycles. The first-order valence-corrected chi connectivity index (χ1v) is 9.56. The Bertz CT molecular complexity index is 904. The molecule has 4 heteroatoms. The second-order valence-electron chi connectivity index (χ2n) is 8.56. The van der Waals surface area contributed by atoms with Crippen LogP contribution in [0.4, 0.5) is 0 Å². The highest BCUT2D eigenvalue weighted by Gasteiger charge is 2.57. The van der Waals surface area contributed by atoms with Crippen LogP contribution in [0.3, 0.4) is 0 Å². The molecule has 1 aliphatic heterocycles. The molecule has 27 heavy (non-hydrogen) atoms. The fourth-order valence-corrected chi connectivity index (χ4v) is 5.09. The molecule has 0 spiro atoms. The fourth-order valence-electron chi connectivity index (χ4n) is 5.09. The second-order valence-corrected chi connectivity index (χ2v) is 8.56. The smallest absolute Gasteiger partial charge is 0.254 e. The summed E-state index contributed by atoms with van der Waals surface area (Å²) in [7, 11) is 1.61. The first-order chi connectivity index (χ1) is 12.8. The topological polar surface area (TPSA) is 49.8 Å². The van der Waals surface area contributed by atoms with Gasteiger partial charge in [0.15, 0.2) is 0 Å². The van der Waals surface area contributed by atoms with E-state index in [1.807, 2.05) is 29.2 Å². The Balaban J connectivity index is 1.77. The van der Waals surface area contributed by atoms with Crippen molar-refractivity contribution in [1.82, 2.24) is 4.90 Å². The summed E-state index contributed by atoms with van der Waals surface area (Å²) < 4.78 is 5.29. The van der Waals surface area contributed by atoms with Gasteiger partial charge in [0.05, 0.1) is 7.11 Å². The monoisotopic (exact) mass is 365 g/mol. The number of fused-ring (bicyclic) bond motifs is 4. The number of methoxy groups -OCH3 is 1. The summed E-state index contributed by atoms with van der Waals surface area (Å²) in [6.07, 6.45) is 1.56. The van der Waals surface area contributed by atoms with E-state index in [4.69, 9.17) is 4.74 Å². The summed E-state index contributed by atoms with van der Waals surface area (Å²) in [4.78, 5) is 15.4. The van der Waals surface area contributed by atoms with E-state index in [0.717, 1.165) is 18.5 Å². The van der Waals surface area contributed by atoms with E-state index in [-0.39, 0.29) is 22.8 Å². The summed E-state index contributed by atoms with van der Waals surface area (Å²) in [5, 5.41) is 10.5. The van der Waals surface area contributed by atoms with Crippen LogP contribution in [0.1, 0.15) is 48.7 Å². The molecule has 1 amide bonds. The number of amides is 1. The number of phenols is 1. The zero-order chi connectivity index (χ0) is 19.4. The van der Waals surface area contributed by atoms with Crippen LogP contribution in [0.15, 0.2) is 42.5 Å². The number of likely N-dealkylation sites (tertiary alicyclic amines) is 1. The molecule has 0 saturated carbocycles. The Labute approximate surface area is 160 Å². The standard InChI is InChI=1S/C23H27NO3/c1-22(2)20-14-17-18(9-6-10-19(17)25)23(22,3)11-12-24(20)21(26)15-7-5-8-16(13-15)27-4/h5-10,13,20,25H,11-12,14H2,1-4H3/t20-,23+/m1/s1. The normalized spacial score (nSPS) is 25.6. The van der Waals surface area contributed by atoms with Gasteiger partial charge in [0.2, 0.25) is 0 Å². The predicted molar refractivity (Wildman–Crippen MR) is 105 cm³/mol. The van der Waals surface area contributed by atoms with Crippen LogP contribution in [-0.4, -0.2) is 35.6 Å². The fraction of sp³-hybridized carbons (Fsp3) is 0.435. The van der Waals surface area contributed by atoms with Crippen molar-refractivity contribution in [2.24, 2.45) is 5.41 Å². The van der Waals surface area contributed by atoms with Crippen molar-refractivity contribution in [1.29, 1.82) is 0 Å². The molecule has 4 nitrogen and oxygen atoms in total. The van der Waals surface area contributed by atoms with E-state index in [2.05, 4.69) is 26.8 Å². The van der Waals surface area contributed by atoms with E-state index >= 15 is 0 Å². The number of rotatable bonds is 2. The van der Waals surface area contributed by atoms with Gasteiger partial charge < -0.3 is 14.7 Å². The molecule has 4 rings (SSSR count). The molecule has 1 heterocycles. The molecule has 1 saturated heterocycles. The number of benzene rings is 2. The summed E-state index contributed by atoms with van der Waals surface area (Å²) in [5.74, 6) is 1.07. The molecule has 1 fully saturated rings. The summed E-state index contributed by atoms with van der Waals surface area (Å²) in [5.41, 5.74) is 2.71. The van der Waals surface area contributed by atoms with Crippen molar-refractivity contribution in [2.75, 3.05) is 13.7 Å². The van der Waals surface area contributed by atoms with Crippen LogP contribution >= 0.6 is 0 Å². The molecule has 2 aliphatic rings. The van der Waals surface area contributed by atoms with Gasteiger partial charge in [-0.2, -0.15) is 0 Å². The van der Waals surface area contributed by atoms with Crippen molar-refractivity contribution in [2.45, 2.75) is 45.1 Å². The van der Waals surface area contributed by atoms with Gasteiger partial charge in [-0.25, -0.2) is 0 Å². The van der Waals surface area contributed by atoms with Crippen molar-refractivity contribution in [3.8, 4) is 11.5 Å². The zero-order valence-electron chi connectivity index (χ0n) is 16.5. The SMILES string of the molecule is COc1cccc(C(=O)N2CC[C@@]3(C)c4cccc(O)c4C[C@@H]2C3(C)C)c1. The first kappa shape index (κ1) is 17.9. The van der Waals surface area contributed by atoms with E-state index in [9.17, 15) is 9.90 Å². The number of hydrogen-bond acceptors (Lipinski definition) is 3. The number of piperidine rings is 1. The number of hydrogen-bond donors (Lipinski definition) is 1. The third kappa shape index (κ3) is 2.46. The minimum atomic E-state index is -0.0967. The number of carbonyl (C=O) groups is 1. The van der Waals surface area contributed by atoms with Gasteiger partial charge >= 0.3 is 0 Å². The molecule has 0 aromatic heterocycles. The van der Waals surface area contributed by atoms with E-state index < -0.39 is 0 Å². The van der Waals surface area contributed by atoms with Crippen LogP contribution in [0, 0.1) is 5.41 Å². The lowest BCUT2D eigenvalue weighted by Gasteiger charge is -2.60. The van der Waals surface area contributed by atoms with Gasteiger partial charge in [0, 0.05) is 23.6 Å². The van der Waals surface area contributed by atoms with Crippen molar-refractivity contribution in [3.63, 3.8) is 0 Å². The molecule has 1 aliphatic carbocycles. The molecule has 142 valence electrons. The molecule has 0 radical (unpaired) electrons. The summed E-state index contributed by atoms with van der Waals surface area (Å²) >= 11 is 0. The van der Waals surface area contributed by atoms with Gasteiger partial charge in [-0.05, 0) is 53.6 Å². The summed E-state index contributed by atoms with van der Waals surface area (Å²) in [6, 6.07) is 13.2. The number of aromatic hydroxyl groups is 1. The number of carbonyl (C=O) groups excluding carboxylic acids is 1. The lowest BCUT2D eigenvalue weighted by molar-refractivity contribution is -0.0266. The average Bonchev–Trinajstić information content (AvgIpc) is 2.65. The molecule has 2 bridgehead atoms. The number of phenolic OH excluding ortho intramolecular Hbond substituents is 1. The van der Waals surface area contributed by atoms with Crippen molar-refractivity contribution in [3.05, 3.63) is 59.2 Å². The van der Waals surface area contributed by atoms with E-state index in [1.165, 1.54) is 5.56 Å². The Kier molecular flexibility index (Phi) is 3.99. The molecule has 2 atom stereocenters. The Hall–Kier alpha value is -2.49. The van der Waals surface area contributed by atoms with Gasteiger partial charge in [0.1, 0.15) is 11.5 Å². The van der Waals surface area contributed by atoms with Gasteiger partial charge in [0.25, 0.3) is 5.91 Å². The lowest BCUT2D eigenvalue weighted by atomic mass is 9.51. The van der Waals surface area contributed by atoms with Gasteiger partial charge in [-0.15, -0.1) is 0 Å². The zero-order valence-corrected chi connectivity index (χ0v) is 16.5. The van der Waals surface area contributed by atoms with E-state index in [1.54, 1.807) is 19.2 Å². The maximum Gasteiger partial charge on any atom is 0.254 e. The highest BCUT2D eigenvalue weighted by Crippen LogP contribution is 2.57. The largest absolute Gasteiger partial charge is 0.508 e. The Morgan fingerprint density at radius 3 is 2.67 bits per heavy atom. The first-order valence-electron chi connectivity index (χ1n) is 9.56. The number of nitrogens with zero attached hydrogens (tertiary/aromatic N) is 1.